The van der Waals surface area contributed by atoms with Gasteiger partial charge in [-0.1, -0.05) is 13.8 Å². The number of alkyl halides is 3. The second kappa shape index (κ2) is 10.7. The van der Waals surface area contributed by atoms with Gasteiger partial charge in [0.25, 0.3) is 0 Å². The molecule has 0 spiro atoms. The highest BCUT2D eigenvalue weighted by Crippen LogP contribution is 2.44. The Hall–Kier alpha value is -3.47. The molecule has 0 saturated heterocycles. The van der Waals surface area contributed by atoms with Crippen LogP contribution in [0.15, 0.2) is 24.3 Å². The number of amides is 1. The van der Waals surface area contributed by atoms with Gasteiger partial charge in [-0.15, -0.1) is 0 Å². The number of hydrogen-bond acceptors (Lipinski definition) is 7. The van der Waals surface area contributed by atoms with Gasteiger partial charge in [0, 0.05) is 18.2 Å². The number of carbonyl (C=O) groups is 2. The number of rotatable bonds is 6. The summed E-state index contributed by atoms with van der Waals surface area (Å²) in [5.74, 6) is -0.655. The topological polar surface area (TPSA) is 94.5 Å². The van der Waals surface area contributed by atoms with E-state index in [9.17, 15) is 27.9 Å². The first-order chi connectivity index (χ1) is 16.8. The fourth-order valence-corrected chi connectivity index (χ4v) is 3.86. The molecular weight excluding hydrogens is 483 g/mol. The van der Waals surface area contributed by atoms with Gasteiger partial charge in [0.1, 0.15) is 30.2 Å². The zero-order valence-electron chi connectivity index (χ0n) is 20.6. The van der Waals surface area contributed by atoms with E-state index < -0.39 is 30.9 Å². The van der Waals surface area contributed by atoms with E-state index in [1.54, 1.807) is 19.1 Å². The number of nitrogens with zero attached hydrogens (tertiary/aromatic N) is 1. The van der Waals surface area contributed by atoms with Gasteiger partial charge in [0.2, 0.25) is 0 Å². The van der Waals surface area contributed by atoms with E-state index in [1.165, 1.54) is 19.2 Å². The lowest BCUT2D eigenvalue weighted by atomic mass is 9.96. The first kappa shape index (κ1) is 27.1. The number of benzene rings is 2. The van der Waals surface area contributed by atoms with Crippen LogP contribution in [0.4, 0.5) is 18.0 Å². The molecule has 1 heterocycles. The summed E-state index contributed by atoms with van der Waals surface area (Å²) in [5.41, 5.74) is 1.24. The van der Waals surface area contributed by atoms with Gasteiger partial charge in [0.05, 0.1) is 13.2 Å². The van der Waals surface area contributed by atoms with Gasteiger partial charge in [-0.05, 0) is 49.1 Å². The maximum absolute atomic E-state index is 13.0. The predicted octanol–water partition coefficient (Wildman–Crippen LogP) is 5.54. The van der Waals surface area contributed by atoms with Crippen LogP contribution in [-0.4, -0.2) is 48.9 Å². The van der Waals surface area contributed by atoms with Crippen LogP contribution in [0.2, 0.25) is 0 Å². The number of carbonyl (C=O) groups excluding carboxylic acids is 2. The molecule has 0 bridgehead atoms. The summed E-state index contributed by atoms with van der Waals surface area (Å²) >= 11 is 0. The quantitative estimate of drug-likeness (QED) is 0.509. The van der Waals surface area contributed by atoms with E-state index in [-0.39, 0.29) is 41.1 Å². The molecule has 0 saturated carbocycles. The highest BCUT2D eigenvalue weighted by molar-refractivity contribution is 5.96. The summed E-state index contributed by atoms with van der Waals surface area (Å²) in [4.78, 5) is 25.7. The molecule has 2 aromatic rings. The zero-order chi connectivity index (χ0) is 26.8. The summed E-state index contributed by atoms with van der Waals surface area (Å²) in [6, 6.07) is 6.08. The van der Waals surface area contributed by atoms with Crippen molar-refractivity contribution in [3.8, 4) is 23.0 Å². The third kappa shape index (κ3) is 6.20. The minimum absolute atomic E-state index is 0.000593. The number of aliphatic hydroxyl groups is 1. The molecule has 1 atom stereocenters. The van der Waals surface area contributed by atoms with Gasteiger partial charge in [0.15, 0.2) is 11.5 Å². The molecule has 1 N–H and O–H groups in total. The van der Waals surface area contributed by atoms with E-state index in [0.717, 1.165) is 7.05 Å². The van der Waals surface area contributed by atoms with Gasteiger partial charge in [-0.2, -0.15) is 13.2 Å². The SMILES string of the molecule is COc1c([C@@H](O)CC(C)C)ccc2c1C(=O)OCc1cc(C)cc(OC(=O)N(C)CC(F)(F)F)c1O2. The van der Waals surface area contributed by atoms with Crippen LogP contribution in [0.1, 0.15) is 53.4 Å². The Balaban J connectivity index is 2.05. The van der Waals surface area contributed by atoms with Crippen LogP contribution in [0.5, 0.6) is 23.0 Å². The highest BCUT2D eigenvalue weighted by atomic mass is 19.4. The Morgan fingerprint density at radius 3 is 2.56 bits per heavy atom. The Labute approximate surface area is 206 Å². The number of ether oxygens (including phenoxy) is 4. The third-order valence-electron chi connectivity index (χ3n) is 5.38. The fraction of sp³-hybridized carbons (Fsp3) is 0.440. The van der Waals surface area contributed by atoms with E-state index >= 15 is 0 Å². The molecule has 196 valence electrons. The number of cyclic esters (lactones) is 1. The normalized spacial score (nSPS) is 14.0. The predicted molar refractivity (Wildman–Crippen MR) is 122 cm³/mol. The number of esters is 1. The molecular formula is C25H28F3NO7. The minimum Gasteiger partial charge on any atom is -0.495 e. The standard InChI is InChI=1S/C25H28F3NO7/c1-13(2)8-17(30)16-6-7-18-20(22(16)33-5)23(31)34-11-15-9-14(3)10-19(21(15)35-18)36-24(32)29(4)12-25(26,27)28/h6-7,9-10,13,17,30H,8,11-12H2,1-5H3/t17-/m0/s1. The van der Waals surface area contributed by atoms with Crippen LogP contribution >= 0.6 is 0 Å². The Morgan fingerprint density at radius 2 is 1.94 bits per heavy atom. The fourth-order valence-electron chi connectivity index (χ4n) is 3.86. The lowest BCUT2D eigenvalue weighted by molar-refractivity contribution is -0.139. The number of hydrogen-bond donors (Lipinski definition) is 1. The van der Waals surface area contributed by atoms with Gasteiger partial charge in [-0.25, -0.2) is 9.59 Å². The van der Waals surface area contributed by atoms with E-state index in [2.05, 4.69) is 0 Å². The van der Waals surface area contributed by atoms with E-state index in [0.29, 0.717) is 28.0 Å². The number of halogens is 3. The molecule has 11 heteroatoms. The molecule has 8 nitrogen and oxygen atoms in total. The second-order valence-corrected chi connectivity index (χ2v) is 8.98. The Bertz CT molecular complexity index is 1150. The largest absolute Gasteiger partial charge is 0.495 e. The van der Waals surface area contributed by atoms with Crippen molar-refractivity contribution in [1.82, 2.24) is 4.90 Å². The average Bonchev–Trinajstić information content (AvgIpc) is 2.75. The Kier molecular flexibility index (Phi) is 8.02. The third-order valence-corrected chi connectivity index (χ3v) is 5.38. The molecule has 36 heavy (non-hydrogen) atoms. The first-order valence-electron chi connectivity index (χ1n) is 11.2. The number of aliphatic hydroxyl groups excluding tert-OH is 1. The summed E-state index contributed by atoms with van der Waals surface area (Å²) in [6.07, 6.45) is -6.35. The smallest absolute Gasteiger partial charge is 0.415 e. The summed E-state index contributed by atoms with van der Waals surface area (Å²) in [5, 5.41) is 10.7. The lowest BCUT2D eigenvalue weighted by Gasteiger charge is -2.25. The van der Waals surface area contributed by atoms with Gasteiger partial charge >= 0.3 is 18.2 Å². The van der Waals surface area contributed by atoms with Crippen LogP contribution < -0.4 is 14.2 Å². The van der Waals surface area contributed by atoms with Crippen LogP contribution in [0.25, 0.3) is 0 Å². The van der Waals surface area contributed by atoms with Crippen molar-refractivity contribution in [3.63, 3.8) is 0 Å². The maximum Gasteiger partial charge on any atom is 0.415 e. The molecule has 3 rings (SSSR count). The maximum atomic E-state index is 13.0. The van der Waals surface area contributed by atoms with E-state index in [4.69, 9.17) is 18.9 Å². The number of aryl methyl sites for hydroxylation is 1. The molecule has 0 fully saturated rings. The monoisotopic (exact) mass is 511 g/mol. The molecule has 1 aliphatic rings. The molecule has 2 aromatic carbocycles. The van der Waals surface area contributed by atoms with Crippen LogP contribution in [0, 0.1) is 12.8 Å². The summed E-state index contributed by atoms with van der Waals surface area (Å²) in [6.45, 7) is 3.79. The molecule has 0 radical (unpaired) electrons. The number of fused-ring (bicyclic) bond motifs is 2. The van der Waals surface area contributed by atoms with Crippen molar-refractivity contribution in [3.05, 3.63) is 46.5 Å². The molecule has 0 unspecified atom stereocenters. The van der Waals surface area contributed by atoms with Crippen molar-refractivity contribution in [2.45, 2.75) is 46.1 Å². The molecule has 1 amide bonds. The van der Waals surface area contributed by atoms with Crippen molar-refractivity contribution in [1.29, 1.82) is 0 Å². The van der Waals surface area contributed by atoms with Crippen LogP contribution in [0.3, 0.4) is 0 Å². The summed E-state index contributed by atoms with van der Waals surface area (Å²) < 4.78 is 60.3. The van der Waals surface area contributed by atoms with Crippen molar-refractivity contribution in [2.75, 3.05) is 20.7 Å². The Morgan fingerprint density at radius 1 is 1.25 bits per heavy atom. The van der Waals surface area contributed by atoms with Crippen molar-refractivity contribution >= 4 is 12.1 Å². The number of methoxy groups -OCH3 is 1. The van der Waals surface area contributed by atoms with E-state index in [1.807, 2.05) is 13.8 Å². The van der Waals surface area contributed by atoms with Crippen molar-refractivity contribution in [2.24, 2.45) is 5.92 Å². The second-order valence-electron chi connectivity index (χ2n) is 8.98. The zero-order valence-corrected chi connectivity index (χ0v) is 20.6. The highest BCUT2D eigenvalue weighted by Gasteiger charge is 2.33. The van der Waals surface area contributed by atoms with Gasteiger partial charge in [-0.3, -0.25) is 0 Å². The summed E-state index contributed by atoms with van der Waals surface area (Å²) in [7, 11) is 2.30. The molecule has 0 aliphatic carbocycles. The van der Waals surface area contributed by atoms with Gasteiger partial charge < -0.3 is 29.0 Å². The molecule has 0 aromatic heterocycles. The lowest BCUT2D eigenvalue weighted by Crippen LogP contribution is -2.37. The first-order valence-corrected chi connectivity index (χ1v) is 11.2. The average molecular weight is 511 g/mol. The minimum atomic E-state index is -4.60. The molecule has 1 aliphatic heterocycles. The van der Waals surface area contributed by atoms with Crippen LogP contribution in [-0.2, 0) is 11.3 Å². The van der Waals surface area contributed by atoms with Crippen molar-refractivity contribution < 1.29 is 46.8 Å².